The number of halogens is 2. The molecule has 2 heterocycles. The number of nitrogens with zero attached hydrogens (tertiary/aromatic N) is 1. The SMILES string of the molecule is O=Cc1c(Cl)c(I)nc2[nH]ccc12. The van der Waals surface area contributed by atoms with E-state index in [-0.39, 0.29) is 0 Å². The second-order valence-electron chi connectivity index (χ2n) is 2.49. The number of pyridine rings is 1. The molecule has 0 saturated heterocycles. The Labute approximate surface area is 92.6 Å². The average molecular weight is 306 g/mol. The number of aromatic amines is 1. The van der Waals surface area contributed by atoms with Crippen molar-refractivity contribution < 1.29 is 4.79 Å². The van der Waals surface area contributed by atoms with Crippen LogP contribution < -0.4 is 0 Å². The van der Waals surface area contributed by atoms with Crippen molar-refractivity contribution in [1.82, 2.24) is 9.97 Å². The molecule has 0 aliphatic rings. The van der Waals surface area contributed by atoms with Gasteiger partial charge in [0.05, 0.1) is 5.02 Å². The molecule has 0 aromatic carbocycles. The summed E-state index contributed by atoms with van der Waals surface area (Å²) in [6.45, 7) is 0. The third kappa shape index (κ3) is 1.34. The van der Waals surface area contributed by atoms with Crippen molar-refractivity contribution in [2.45, 2.75) is 0 Å². The molecule has 2 rings (SSSR count). The smallest absolute Gasteiger partial charge is 0.152 e. The van der Waals surface area contributed by atoms with E-state index in [9.17, 15) is 4.79 Å². The highest BCUT2D eigenvalue weighted by molar-refractivity contribution is 14.1. The van der Waals surface area contributed by atoms with E-state index in [0.717, 1.165) is 11.7 Å². The molecule has 13 heavy (non-hydrogen) atoms. The number of hydrogen-bond donors (Lipinski definition) is 1. The minimum absolute atomic E-state index is 0.419. The lowest BCUT2D eigenvalue weighted by Gasteiger charge is -1.99. The summed E-state index contributed by atoms with van der Waals surface area (Å²) in [7, 11) is 0. The summed E-state index contributed by atoms with van der Waals surface area (Å²) >= 11 is 7.91. The van der Waals surface area contributed by atoms with E-state index in [4.69, 9.17) is 11.6 Å². The Bertz CT molecular complexity index is 480. The van der Waals surface area contributed by atoms with Gasteiger partial charge >= 0.3 is 0 Å². The predicted molar refractivity (Wildman–Crippen MR) is 59.2 cm³/mol. The van der Waals surface area contributed by atoms with Gasteiger partial charge in [-0.05, 0) is 28.7 Å². The Hall–Kier alpha value is -0.620. The first kappa shape index (κ1) is 8.96. The fourth-order valence-electron chi connectivity index (χ4n) is 1.16. The fraction of sp³-hybridized carbons (Fsp3) is 0. The minimum Gasteiger partial charge on any atom is -0.346 e. The van der Waals surface area contributed by atoms with Crippen LogP contribution in [0.3, 0.4) is 0 Å². The Kier molecular flexibility index (Phi) is 2.25. The van der Waals surface area contributed by atoms with Crippen molar-refractivity contribution in [3.05, 3.63) is 26.5 Å². The zero-order valence-corrected chi connectivity index (χ0v) is 9.26. The number of H-pyrrole nitrogens is 1. The molecule has 3 nitrogen and oxygen atoms in total. The number of nitrogens with one attached hydrogen (secondary N) is 1. The number of carbonyl (C=O) groups is 1. The van der Waals surface area contributed by atoms with Gasteiger partial charge in [0.25, 0.3) is 0 Å². The zero-order chi connectivity index (χ0) is 9.42. The molecule has 0 unspecified atom stereocenters. The van der Waals surface area contributed by atoms with Crippen molar-refractivity contribution in [3.63, 3.8) is 0 Å². The van der Waals surface area contributed by atoms with Crippen molar-refractivity contribution in [2.24, 2.45) is 0 Å². The summed E-state index contributed by atoms with van der Waals surface area (Å²) in [4.78, 5) is 17.9. The topological polar surface area (TPSA) is 45.8 Å². The van der Waals surface area contributed by atoms with Crippen LogP contribution in [0.4, 0.5) is 0 Å². The lowest BCUT2D eigenvalue weighted by atomic mass is 10.2. The van der Waals surface area contributed by atoms with Gasteiger partial charge in [-0.2, -0.15) is 0 Å². The normalized spacial score (nSPS) is 10.6. The van der Waals surface area contributed by atoms with Crippen LogP contribution in [0.2, 0.25) is 5.02 Å². The summed E-state index contributed by atoms with van der Waals surface area (Å²) in [5.41, 5.74) is 1.19. The first-order valence-electron chi connectivity index (χ1n) is 3.51. The van der Waals surface area contributed by atoms with Crippen LogP contribution in [0.1, 0.15) is 10.4 Å². The molecule has 66 valence electrons. The van der Waals surface area contributed by atoms with E-state index in [1.165, 1.54) is 0 Å². The van der Waals surface area contributed by atoms with Gasteiger partial charge in [-0.1, -0.05) is 11.6 Å². The zero-order valence-electron chi connectivity index (χ0n) is 6.34. The molecular weight excluding hydrogens is 302 g/mol. The summed E-state index contributed by atoms with van der Waals surface area (Å²) < 4.78 is 0.635. The van der Waals surface area contributed by atoms with E-state index < -0.39 is 0 Å². The summed E-state index contributed by atoms with van der Waals surface area (Å²) in [6.07, 6.45) is 2.49. The third-order valence-corrected chi connectivity index (χ3v) is 3.24. The highest BCUT2D eigenvalue weighted by atomic mass is 127. The molecule has 0 bridgehead atoms. The summed E-state index contributed by atoms with van der Waals surface area (Å²) in [6, 6.07) is 1.79. The Morgan fingerprint density at radius 3 is 3.08 bits per heavy atom. The summed E-state index contributed by atoms with van der Waals surface area (Å²) in [5, 5.41) is 1.18. The standard InChI is InChI=1S/C8H4ClIN2O/c9-6-5(3-13)4-1-2-11-8(4)12-7(6)10/h1-3H,(H,11,12). The van der Waals surface area contributed by atoms with Gasteiger partial charge in [-0.3, -0.25) is 4.79 Å². The first-order valence-corrected chi connectivity index (χ1v) is 4.97. The molecule has 2 aromatic rings. The molecule has 0 fully saturated rings. The van der Waals surface area contributed by atoms with Crippen LogP contribution in [-0.4, -0.2) is 16.3 Å². The van der Waals surface area contributed by atoms with Gasteiger partial charge in [0, 0.05) is 17.1 Å². The van der Waals surface area contributed by atoms with Gasteiger partial charge in [0.2, 0.25) is 0 Å². The van der Waals surface area contributed by atoms with Gasteiger partial charge in [0.15, 0.2) is 6.29 Å². The number of aldehydes is 1. The maximum atomic E-state index is 10.8. The molecule has 0 aliphatic heterocycles. The number of carbonyl (C=O) groups excluding carboxylic acids is 1. The second-order valence-corrected chi connectivity index (χ2v) is 3.89. The number of aromatic nitrogens is 2. The van der Waals surface area contributed by atoms with E-state index in [1.807, 2.05) is 22.6 Å². The number of hydrogen-bond acceptors (Lipinski definition) is 2. The van der Waals surface area contributed by atoms with E-state index >= 15 is 0 Å². The number of fused-ring (bicyclic) bond motifs is 1. The monoisotopic (exact) mass is 306 g/mol. The maximum Gasteiger partial charge on any atom is 0.152 e. The lowest BCUT2D eigenvalue weighted by Crippen LogP contribution is -1.91. The van der Waals surface area contributed by atoms with E-state index in [0.29, 0.717) is 19.9 Å². The second kappa shape index (κ2) is 3.26. The highest BCUT2D eigenvalue weighted by Crippen LogP contribution is 2.26. The van der Waals surface area contributed by atoms with Crippen molar-refractivity contribution in [2.75, 3.05) is 0 Å². The Morgan fingerprint density at radius 1 is 1.62 bits per heavy atom. The average Bonchev–Trinajstić information content (AvgIpc) is 2.54. The molecule has 0 aliphatic carbocycles. The highest BCUT2D eigenvalue weighted by Gasteiger charge is 2.11. The van der Waals surface area contributed by atoms with E-state index in [2.05, 4.69) is 9.97 Å². The maximum absolute atomic E-state index is 10.8. The van der Waals surface area contributed by atoms with Crippen LogP contribution in [-0.2, 0) is 0 Å². The van der Waals surface area contributed by atoms with Crippen molar-refractivity contribution in [1.29, 1.82) is 0 Å². The molecule has 2 aromatic heterocycles. The molecule has 0 saturated carbocycles. The Morgan fingerprint density at radius 2 is 2.38 bits per heavy atom. The predicted octanol–water partition coefficient (Wildman–Crippen LogP) is 2.63. The molecular formula is C8H4ClIN2O. The van der Waals surface area contributed by atoms with Gasteiger partial charge in [0.1, 0.15) is 9.35 Å². The van der Waals surface area contributed by atoms with Gasteiger partial charge in [-0.15, -0.1) is 0 Å². The molecule has 5 heteroatoms. The number of rotatable bonds is 1. The van der Waals surface area contributed by atoms with Gasteiger partial charge < -0.3 is 4.98 Å². The molecule has 0 atom stereocenters. The molecule has 0 spiro atoms. The largest absolute Gasteiger partial charge is 0.346 e. The van der Waals surface area contributed by atoms with Crippen molar-refractivity contribution in [3.8, 4) is 0 Å². The molecule has 0 amide bonds. The van der Waals surface area contributed by atoms with Crippen molar-refractivity contribution >= 4 is 51.5 Å². The van der Waals surface area contributed by atoms with Crippen LogP contribution in [0, 0.1) is 3.70 Å². The van der Waals surface area contributed by atoms with Crippen LogP contribution in [0.15, 0.2) is 12.3 Å². The first-order chi connectivity index (χ1) is 6.24. The van der Waals surface area contributed by atoms with Crippen LogP contribution in [0.25, 0.3) is 11.0 Å². The molecule has 0 radical (unpaired) electrons. The quantitative estimate of drug-likeness (QED) is 0.500. The third-order valence-electron chi connectivity index (χ3n) is 1.76. The lowest BCUT2D eigenvalue weighted by molar-refractivity contribution is 0.112. The van der Waals surface area contributed by atoms with Crippen LogP contribution in [0.5, 0.6) is 0 Å². The minimum atomic E-state index is 0.419. The Balaban J connectivity index is 2.95. The van der Waals surface area contributed by atoms with Gasteiger partial charge in [-0.25, -0.2) is 4.98 Å². The van der Waals surface area contributed by atoms with E-state index in [1.54, 1.807) is 12.3 Å². The summed E-state index contributed by atoms with van der Waals surface area (Å²) in [5.74, 6) is 0. The van der Waals surface area contributed by atoms with Crippen LogP contribution >= 0.6 is 34.2 Å². The fourth-order valence-corrected chi connectivity index (χ4v) is 1.88. The molecule has 1 N–H and O–H groups in total.